The first kappa shape index (κ1) is 106. The van der Waals surface area contributed by atoms with Crippen LogP contribution in [0.4, 0.5) is 22.8 Å². The average molecular weight is 2050 g/mol. The summed E-state index contributed by atoms with van der Waals surface area (Å²) in [6, 6.07) is 48.6. The molecule has 3 saturated heterocycles. The fourth-order valence-electron chi connectivity index (χ4n) is 16.9. The van der Waals surface area contributed by atoms with E-state index in [9.17, 15) is 81.9 Å². The van der Waals surface area contributed by atoms with Gasteiger partial charge in [-0.3, -0.25) is 52.7 Å². The smallest absolute Gasteiger partial charge is 0.446 e. The molecule has 0 bridgehead atoms. The molecule has 9 N–H and O–H groups in total. The molecule has 6 saturated carbocycles. The summed E-state index contributed by atoms with van der Waals surface area (Å²) in [7, 11) is -6.29. The second-order valence-corrected chi connectivity index (χ2v) is 44.5. The van der Waals surface area contributed by atoms with E-state index < -0.39 is 164 Å². The molecule has 42 heteroatoms. The number of carboxylic acid groups (broad SMARTS) is 1. The molecular weight excluding hydrogens is 1930 g/mol. The number of carbonyl (C=O) groups is 9. The molecule has 6 aliphatic carbocycles. The molecule has 3 aliphatic heterocycles. The van der Waals surface area contributed by atoms with Gasteiger partial charge in [-0.15, -0.1) is 19.7 Å². The summed E-state index contributed by atoms with van der Waals surface area (Å²) in [6.45, 7) is 22.0. The Morgan fingerprint density at radius 3 is 1.11 bits per heavy atom. The fourth-order valence-corrected chi connectivity index (χ4v) is 21.0. The van der Waals surface area contributed by atoms with Gasteiger partial charge in [-0.1, -0.05) is 109 Å². The predicted molar refractivity (Wildman–Crippen MR) is 527 cm³/mol. The number of rotatable bonds is 29. The lowest BCUT2D eigenvalue weighted by Crippen LogP contribution is -2.56. The largest absolute Gasteiger partial charge is 0.497 e. The van der Waals surface area contributed by atoms with Gasteiger partial charge in [-0.25, -0.2) is 54.6 Å². The van der Waals surface area contributed by atoms with Gasteiger partial charge >= 0.3 is 24.3 Å². The van der Waals surface area contributed by atoms with E-state index in [1.807, 2.05) is 162 Å². The normalized spacial score (nSPS) is 23.4. The Bertz CT molecular complexity index is 6790. The molecule has 9 aliphatic rings. The third-order valence-electron chi connectivity index (χ3n) is 25.4. The minimum Gasteiger partial charge on any atom is -0.497 e. The van der Waals surface area contributed by atoms with Crippen molar-refractivity contribution < 1.29 is 125 Å². The summed E-state index contributed by atoms with van der Waals surface area (Å²) < 4.78 is 157. The maximum atomic E-state index is 14.0. The van der Waals surface area contributed by atoms with Crippen molar-refractivity contribution >= 4 is 117 Å². The number of aldehydes is 1. The topological polar surface area (TPSA) is 493 Å². The van der Waals surface area contributed by atoms with Gasteiger partial charge in [0.1, 0.15) is 92.7 Å². The van der Waals surface area contributed by atoms with Crippen molar-refractivity contribution in [3.05, 3.63) is 202 Å². The highest BCUT2D eigenvalue weighted by Gasteiger charge is 2.64. The van der Waals surface area contributed by atoms with E-state index in [0.717, 1.165) is 38.7 Å². The lowest BCUT2D eigenvalue weighted by molar-refractivity contribution is -0.156. The standard InChI is InChI=1S/C35H40N4O8S.C30H32N4O6S.C26H28N2O6.C9H14N2O3S.C2HF3O/c1-6-22-19-35(22,32(41)38-48(43,44)25-13-14-25)37-31(40)29-17-24(20-39(29)33(42)47-34(2,3)4)46-30-18-27(21-10-8-7-9-11-21)36-28-16-23(45-5)12-15-26(28)30;1-3-19-16-30(19,29(36)34-41(37,38)22-10-11-22)33-28(35)26-14-21(17-31-26)40-27-15-24(18-7-5-4-6-8-18)32-25-13-20(39-2)9-12-23(25)27;1-26(2,3)34-25(31)28-15-18(13-22(28)24(29)30)33-23-14-20(16-8-6-5-7-9-16)27-21-12-17(32-4)10-11-19(21)23;1-2-6-5-9(6,10)8(12)11-15(13,14)7-3-4-7;3-2(4,5)1-6/h6-12,15-16,18,22,24-25,29H,1,13-14,17,19-20H2,2-5H3,(H,37,40)(H,38,41);3-9,12-13,15,19,21-22,26,31H,1,10-11,14,16-17H2,2H3,(H,33,35)(H,34,36);5-12,14,18,22H,13,15H2,1-4H3,(H,29,30);2,6-7H,1,3-5,10H2,(H,11,12);1H/t22?,24-,29+,35?;19?,21-,26+,30?;18-,22+;;/m111../s1. The Hall–Kier alpha value is -13.8. The lowest BCUT2D eigenvalue weighted by atomic mass is 10.1. The third kappa shape index (κ3) is 25.7. The zero-order valence-electron chi connectivity index (χ0n) is 80.6. The number of nitrogens with one attached hydrogen (secondary N) is 6. The molecule has 766 valence electrons. The van der Waals surface area contributed by atoms with Gasteiger partial charge in [0.15, 0.2) is 0 Å². The van der Waals surface area contributed by atoms with Crippen LogP contribution < -0.4 is 64.3 Å². The van der Waals surface area contributed by atoms with E-state index in [0.29, 0.717) is 127 Å². The minimum absolute atomic E-state index is 0.0216. The number of likely N-dealkylation sites (tertiary alicyclic amines) is 2. The monoisotopic (exact) mass is 2040 g/mol. The number of pyridine rings is 3. The molecular formula is C102H115F3N12O24S3. The van der Waals surface area contributed by atoms with Gasteiger partial charge in [0, 0.05) is 113 Å². The van der Waals surface area contributed by atoms with Crippen LogP contribution in [0.15, 0.2) is 202 Å². The number of hydrogen-bond donors (Lipinski definition) is 8. The van der Waals surface area contributed by atoms with Crippen molar-refractivity contribution in [1.29, 1.82) is 0 Å². The van der Waals surface area contributed by atoms with Crippen LogP contribution in [-0.2, 0) is 73.1 Å². The van der Waals surface area contributed by atoms with Crippen LogP contribution in [-0.4, -0.2) is 236 Å². The van der Waals surface area contributed by atoms with E-state index in [4.69, 9.17) is 63.4 Å². The van der Waals surface area contributed by atoms with Crippen LogP contribution in [0, 0.1) is 17.8 Å². The number of carboxylic acids is 1. The lowest BCUT2D eigenvalue weighted by Gasteiger charge is -2.29. The van der Waals surface area contributed by atoms with Crippen LogP contribution in [0.25, 0.3) is 66.5 Å². The summed E-state index contributed by atoms with van der Waals surface area (Å²) in [5, 5.41) is 19.2. The summed E-state index contributed by atoms with van der Waals surface area (Å²) in [5.41, 5.74) is 7.21. The number of nitrogens with zero attached hydrogens (tertiary/aromatic N) is 5. The van der Waals surface area contributed by atoms with Gasteiger partial charge in [0.2, 0.25) is 48.2 Å². The number of benzene rings is 6. The Morgan fingerprint density at radius 2 is 0.799 bits per heavy atom. The maximum absolute atomic E-state index is 14.0. The first-order valence-corrected chi connectivity index (χ1v) is 51.3. The van der Waals surface area contributed by atoms with Crippen LogP contribution in [0.3, 0.4) is 0 Å². The number of halogens is 3. The van der Waals surface area contributed by atoms with Crippen molar-refractivity contribution in [2.24, 2.45) is 23.5 Å². The number of carbonyl (C=O) groups excluding carboxylic acids is 8. The zero-order chi connectivity index (χ0) is 104. The Kier molecular flexibility index (Phi) is 31.3. The molecule has 9 aromatic rings. The van der Waals surface area contributed by atoms with Crippen molar-refractivity contribution in [2.75, 3.05) is 41.0 Å². The van der Waals surface area contributed by atoms with E-state index in [-0.39, 0.29) is 56.2 Å². The van der Waals surface area contributed by atoms with Crippen molar-refractivity contribution in [3.8, 4) is 68.3 Å². The number of hydrogen-bond acceptors (Lipinski definition) is 28. The number of sulfonamides is 3. The molecule has 6 heterocycles. The number of ether oxygens (including phenoxy) is 8. The first-order chi connectivity index (χ1) is 68.0. The Morgan fingerprint density at radius 1 is 0.465 bits per heavy atom. The average Bonchev–Trinajstić information content (AvgIpc) is 1.54. The molecule has 0 spiro atoms. The van der Waals surface area contributed by atoms with Gasteiger partial charge in [0.05, 0.1) is 89.8 Å². The molecule has 12 atom stereocenters. The second-order valence-electron chi connectivity index (χ2n) is 38.6. The summed E-state index contributed by atoms with van der Waals surface area (Å²) >= 11 is 0. The SMILES string of the molecule is C=CC1CC1(N)C(=O)NS(=O)(=O)C1CC1.C=CC1CC1(NC(=O)[C@@H]1C[C@@H](Oc2cc(-c3ccccc3)nc3cc(OC)ccc23)CN1)C(=O)NS(=O)(=O)C1CC1.C=CC1CC1(NC(=O)[C@@H]1C[C@@H](Oc2cc(-c3ccccc3)nc3cc(OC)ccc23)CN1C(=O)OC(C)(C)C)C(=O)NS(=O)(=O)C1CC1.COc1ccc2c(O[C@@H]3C[C@@H](C(=O)O)N(C(=O)OC(C)(C)C)C3)cc(-c3ccccc3)nc2c1.O=CC(F)(F)F. The second kappa shape index (κ2) is 42.6. The quantitative estimate of drug-likeness (QED) is 0.0159. The highest BCUT2D eigenvalue weighted by atomic mass is 32.2. The van der Waals surface area contributed by atoms with Gasteiger partial charge in [-0.2, -0.15) is 13.2 Å². The number of aliphatic carboxylic acids is 1. The molecule has 0 radical (unpaired) electrons. The highest BCUT2D eigenvalue weighted by Crippen LogP contribution is 2.49. The molecule has 6 unspecified atom stereocenters. The van der Waals surface area contributed by atoms with E-state index in [1.54, 1.807) is 81.1 Å². The first-order valence-electron chi connectivity index (χ1n) is 46.7. The molecule has 3 aromatic heterocycles. The number of aromatic nitrogens is 3. The van der Waals surface area contributed by atoms with Gasteiger partial charge in [0.25, 0.3) is 17.7 Å². The molecule has 7 amide bonds. The summed E-state index contributed by atoms with van der Waals surface area (Å²) in [5.74, 6) is -1.45. The number of fused-ring (bicyclic) bond motifs is 3. The summed E-state index contributed by atoms with van der Waals surface area (Å²) in [4.78, 5) is 129. The van der Waals surface area contributed by atoms with Crippen LogP contribution >= 0.6 is 0 Å². The van der Waals surface area contributed by atoms with Crippen molar-refractivity contribution in [1.82, 2.24) is 54.9 Å². The van der Waals surface area contributed by atoms with E-state index >= 15 is 0 Å². The highest BCUT2D eigenvalue weighted by molar-refractivity contribution is 7.91. The number of methoxy groups -OCH3 is 3. The van der Waals surface area contributed by atoms with E-state index in [2.05, 4.69) is 45.1 Å². The van der Waals surface area contributed by atoms with Crippen LogP contribution in [0.2, 0.25) is 0 Å². The Labute approximate surface area is 830 Å². The number of amides is 7. The van der Waals surface area contributed by atoms with Crippen LogP contribution in [0.5, 0.6) is 34.5 Å². The molecule has 36 nitrogen and oxygen atoms in total. The molecule has 18 rings (SSSR count). The fraction of sp³-hybridized carbons (Fsp3) is 0.412. The predicted octanol–water partition coefficient (Wildman–Crippen LogP) is 12.0. The summed E-state index contributed by atoms with van der Waals surface area (Å²) in [6.07, 6.45) is 0.960. The van der Waals surface area contributed by atoms with Crippen molar-refractivity contribution in [3.63, 3.8) is 0 Å². The third-order valence-corrected chi connectivity index (χ3v) is 30.9. The number of nitrogens with two attached hydrogens (primary N) is 1. The Balaban J connectivity index is 0.000000157. The maximum Gasteiger partial charge on any atom is 0.446 e. The zero-order valence-corrected chi connectivity index (χ0v) is 83.0. The minimum atomic E-state index is -4.64. The van der Waals surface area contributed by atoms with Gasteiger partial charge < -0.3 is 64.7 Å². The van der Waals surface area contributed by atoms with E-state index in [1.165, 1.54) is 15.9 Å². The van der Waals surface area contributed by atoms with Crippen LogP contribution in [0.1, 0.15) is 119 Å². The van der Waals surface area contributed by atoms with Crippen molar-refractivity contribution in [2.45, 2.75) is 205 Å². The number of alkyl halides is 3. The molecule has 6 aromatic carbocycles. The molecule has 144 heavy (non-hydrogen) atoms. The van der Waals surface area contributed by atoms with Gasteiger partial charge in [-0.05, 0) is 136 Å². The molecule has 9 fully saturated rings.